The van der Waals surface area contributed by atoms with Gasteiger partial charge in [0.15, 0.2) is 5.69 Å². The predicted molar refractivity (Wildman–Crippen MR) is 57.2 cm³/mol. The second-order valence-electron chi connectivity index (χ2n) is 3.62. The molecule has 2 aromatic rings. The summed E-state index contributed by atoms with van der Waals surface area (Å²) in [5.74, 6) is 0. The van der Waals surface area contributed by atoms with Crippen molar-refractivity contribution in [3.05, 3.63) is 47.9 Å². The van der Waals surface area contributed by atoms with Crippen LogP contribution in [-0.4, -0.2) is 9.97 Å². The van der Waals surface area contributed by atoms with E-state index in [0.29, 0.717) is 0 Å². The first-order valence-electron chi connectivity index (χ1n) is 4.94. The van der Waals surface area contributed by atoms with Crippen molar-refractivity contribution in [2.45, 2.75) is 13.1 Å². The highest BCUT2D eigenvalue weighted by atomic mass is 19.4. The molecule has 0 radical (unpaired) electrons. The van der Waals surface area contributed by atoms with Gasteiger partial charge in [-0.1, -0.05) is 6.07 Å². The molecule has 2 rings (SSSR count). The first-order chi connectivity index (χ1) is 7.98. The van der Waals surface area contributed by atoms with Crippen LogP contribution >= 0.6 is 0 Å². The lowest BCUT2D eigenvalue weighted by molar-refractivity contribution is -0.140. The van der Waals surface area contributed by atoms with Crippen molar-refractivity contribution in [2.24, 2.45) is 0 Å². The van der Waals surface area contributed by atoms with Crippen LogP contribution < -0.4 is 0 Å². The number of nitrogens with zero attached hydrogens (tertiary/aromatic N) is 2. The van der Waals surface area contributed by atoms with Crippen molar-refractivity contribution in [3.8, 4) is 11.3 Å². The van der Waals surface area contributed by atoms with Gasteiger partial charge in [0.25, 0.3) is 0 Å². The molecule has 5 heteroatoms. The monoisotopic (exact) mass is 238 g/mol. The van der Waals surface area contributed by atoms with Gasteiger partial charge in [-0.15, -0.1) is 0 Å². The molecule has 0 bridgehead atoms. The fourth-order valence-electron chi connectivity index (χ4n) is 1.47. The molecule has 0 unspecified atom stereocenters. The highest BCUT2D eigenvalue weighted by molar-refractivity contribution is 5.62. The Labute approximate surface area is 96.2 Å². The molecule has 2 aromatic heterocycles. The summed E-state index contributed by atoms with van der Waals surface area (Å²) in [6, 6.07) is 6.11. The van der Waals surface area contributed by atoms with Gasteiger partial charge >= 0.3 is 6.18 Å². The van der Waals surface area contributed by atoms with Gasteiger partial charge in [0.05, 0.1) is 5.69 Å². The van der Waals surface area contributed by atoms with Crippen molar-refractivity contribution < 1.29 is 13.2 Å². The van der Waals surface area contributed by atoms with Crippen LogP contribution in [0.2, 0.25) is 0 Å². The normalized spacial score (nSPS) is 11.5. The average Bonchev–Trinajstić information content (AvgIpc) is 2.29. The Morgan fingerprint density at radius 3 is 2.41 bits per heavy atom. The van der Waals surface area contributed by atoms with Crippen molar-refractivity contribution in [3.63, 3.8) is 0 Å². The Balaban J connectivity index is 2.56. The van der Waals surface area contributed by atoms with E-state index >= 15 is 0 Å². The van der Waals surface area contributed by atoms with Crippen molar-refractivity contribution in [1.29, 1.82) is 0 Å². The Kier molecular flexibility index (Phi) is 2.83. The maximum Gasteiger partial charge on any atom is 0.434 e. The van der Waals surface area contributed by atoms with E-state index in [9.17, 15) is 13.2 Å². The fraction of sp³-hybridized carbons (Fsp3) is 0.167. The van der Waals surface area contributed by atoms with Crippen LogP contribution in [0.3, 0.4) is 0 Å². The second kappa shape index (κ2) is 4.16. The minimum atomic E-state index is -4.47. The number of pyridine rings is 2. The highest BCUT2D eigenvalue weighted by Gasteiger charge is 2.35. The Morgan fingerprint density at radius 2 is 1.82 bits per heavy atom. The summed E-state index contributed by atoms with van der Waals surface area (Å²) in [5.41, 5.74) is 0.263. The summed E-state index contributed by atoms with van der Waals surface area (Å²) >= 11 is 0. The molecule has 0 saturated carbocycles. The number of aromatic nitrogens is 2. The van der Waals surface area contributed by atoms with E-state index in [1.54, 1.807) is 12.1 Å². The van der Waals surface area contributed by atoms with Crippen LogP contribution in [0.4, 0.5) is 13.2 Å². The van der Waals surface area contributed by atoms with Crippen molar-refractivity contribution in [1.82, 2.24) is 9.97 Å². The first-order valence-corrected chi connectivity index (χ1v) is 4.94. The molecule has 2 nitrogen and oxygen atoms in total. The summed E-state index contributed by atoms with van der Waals surface area (Å²) in [6.07, 6.45) is -1.81. The molecule has 0 N–H and O–H groups in total. The Hall–Kier alpha value is -1.91. The SMILES string of the molecule is Cc1ccc(-c2cccnc2C(F)(F)F)nc1. The zero-order chi connectivity index (χ0) is 12.5. The van der Waals surface area contributed by atoms with E-state index in [0.717, 1.165) is 11.8 Å². The zero-order valence-electron chi connectivity index (χ0n) is 8.99. The molecule has 17 heavy (non-hydrogen) atoms. The summed E-state index contributed by atoms with van der Waals surface area (Å²) in [7, 11) is 0. The standard InChI is InChI=1S/C12H9F3N2/c1-8-4-5-10(17-7-8)9-3-2-6-16-11(9)12(13,14)15/h2-7H,1H3. The summed E-state index contributed by atoms with van der Waals surface area (Å²) < 4.78 is 38.2. The van der Waals surface area contributed by atoms with Gasteiger partial charge in [0.2, 0.25) is 0 Å². The van der Waals surface area contributed by atoms with E-state index in [1.807, 2.05) is 6.92 Å². The van der Waals surface area contributed by atoms with Gasteiger partial charge in [-0.25, -0.2) is 0 Å². The van der Waals surface area contributed by atoms with Crippen LogP contribution in [0.25, 0.3) is 11.3 Å². The minimum absolute atomic E-state index is 0.000000000000000444. The van der Waals surface area contributed by atoms with Gasteiger partial charge in [-0.05, 0) is 30.7 Å². The van der Waals surface area contributed by atoms with E-state index in [2.05, 4.69) is 9.97 Å². The topological polar surface area (TPSA) is 25.8 Å². The van der Waals surface area contributed by atoms with Gasteiger partial charge in [0, 0.05) is 18.0 Å². The van der Waals surface area contributed by atoms with Crippen LogP contribution in [0.5, 0.6) is 0 Å². The lowest BCUT2D eigenvalue weighted by Gasteiger charge is -2.10. The molecule has 0 fully saturated rings. The van der Waals surface area contributed by atoms with E-state index in [-0.39, 0.29) is 11.3 Å². The molecule has 0 spiro atoms. The lowest BCUT2D eigenvalue weighted by atomic mass is 10.1. The van der Waals surface area contributed by atoms with Gasteiger partial charge in [-0.2, -0.15) is 13.2 Å². The number of rotatable bonds is 1. The highest BCUT2D eigenvalue weighted by Crippen LogP contribution is 2.34. The number of halogens is 3. The summed E-state index contributed by atoms with van der Waals surface area (Å²) in [6.45, 7) is 1.82. The summed E-state index contributed by atoms with van der Waals surface area (Å²) in [4.78, 5) is 7.37. The number of hydrogen-bond donors (Lipinski definition) is 0. The van der Waals surface area contributed by atoms with Gasteiger partial charge < -0.3 is 0 Å². The third kappa shape index (κ3) is 2.43. The van der Waals surface area contributed by atoms with Crippen LogP contribution in [0.15, 0.2) is 36.7 Å². The van der Waals surface area contributed by atoms with Crippen LogP contribution in [0.1, 0.15) is 11.3 Å². The predicted octanol–water partition coefficient (Wildman–Crippen LogP) is 3.47. The minimum Gasteiger partial charge on any atom is -0.256 e. The summed E-state index contributed by atoms with van der Waals surface area (Å²) in [5, 5.41) is 0. The van der Waals surface area contributed by atoms with Gasteiger partial charge in [-0.3, -0.25) is 9.97 Å². The molecule has 0 aliphatic heterocycles. The zero-order valence-corrected chi connectivity index (χ0v) is 8.99. The molecule has 88 valence electrons. The third-order valence-corrected chi connectivity index (χ3v) is 2.26. The molecule has 2 heterocycles. The molecule has 0 aromatic carbocycles. The average molecular weight is 238 g/mol. The van der Waals surface area contributed by atoms with Crippen LogP contribution in [0, 0.1) is 6.92 Å². The first kappa shape index (κ1) is 11.6. The van der Waals surface area contributed by atoms with E-state index in [4.69, 9.17) is 0 Å². The maximum atomic E-state index is 12.7. The number of aryl methyl sites for hydroxylation is 1. The quantitative estimate of drug-likeness (QED) is 0.760. The third-order valence-electron chi connectivity index (χ3n) is 2.26. The number of hydrogen-bond acceptors (Lipinski definition) is 2. The smallest absolute Gasteiger partial charge is 0.256 e. The van der Waals surface area contributed by atoms with Crippen LogP contribution in [-0.2, 0) is 6.18 Å². The Bertz CT molecular complexity index is 518. The maximum absolute atomic E-state index is 12.7. The molecule has 0 amide bonds. The molecular weight excluding hydrogens is 229 g/mol. The molecule has 0 atom stereocenters. The molecular formula is C12H9F3N2. The van der Waals surface area contributed by atoms with Crippen molar-refractivity contribution >= 4 is 0 Å². The fourth-order valence-corrected chi connectivity index (χ4v) is 1.47. The van der Waals surface area contributed by atoms with E-state index < -0.39 is 11.9 Å². The second-order valence-corrected chi connectivity index (χ2v) is 3.62. The largest absolute Gasteiger partial charge is 0.434 e. The Morgan fingerprint density at radius 1 is 1.06 bits per heavy atom. The molecule has 0 saturated heterocycles. The number of alkyl halides is 3. The van der Waals surface area contributed by atoms with Crippen molar-refractivity contribution in [2.75, 3.05) is 0 Å². The van der Waals surface area contributed by atoms with Gasteiger partial charge in [0.1, 0.15) is 0 Å². The molecule has 0 aliphatic rings. The molecule has 0 aliphatic carbocycles. The van der Waals surface area contributed by atoms with E-state index in [1.165, 1.54) is 18.3 Å². The lowest BCUT2D eigenvalue weighted by Crippen LogP contribution is -2.10.